The fourth-order valence-corrected chi connectivity index (χ4v) is 4.31. The lowest BCUT2D eigenvalue weighted by molar-refractivity contribution is 0.158. The standard InChI is InChI=1S/C21H24ClN3O/c1-13-8-16(12-24(3)21(13)26)20-19(15-4-6-17(22)7-5-15)14(2)11-25(20)18-9-23-10-18/h4-8,11-12,18-20,23H,9-10H2,1-3H3. The number of aromatic nitrogens is 1. The van der Waals surface area contributed by atoms with Gasteiger partial charge >= 0.3 is 0 Å². The highest BCUT2D eigenvalue weighted by molar-refractivity contribution is 6.30. The lowest BCUT2D eigenvalue weighted by Gasteiger charge is -2.42. The molecular weight excluding hydrogens is 346 g/mol. The number of nitrogens with zero attached hydrogens (tertiary/aromatic N) is 2. The number of hydrogen-bond donors (Lipinski definition) is 1. The SMILES string of the molecule is CC1=CN(C2CNC2)C(c2cc(C)c(=O)n(C)c2)C1c1ccc(Cl)cc1. The molecule has 0 bridgehead atoms. The Balaban J connectivity index is 1.82. The minimum absolute atomic E-state index is 0.0660. The summed E-state index contributed by atoms with van der Waals surface area (Å²) in [6, 6.07) is 10.9. The van der Waals surface area contributed by atoms with Crippen LogP contribution >= 0.6 is 11.6 Å². The van der Waals surface area contributed by atoms with Crippen LogP contribution in [0.25, 0.3) is 0 Å². The highest BCUT2D eigenvalue weighted by Gasteiger charge is 2.40. The van der Waals surface area contributed by atoms with Gasteiger partial charge in [0.2, 0.25) is 0 Å². The highest BCUT2D eigenvalue weighted by atomic mass is 35.5. The van der Waals surface area contributed by atoms with Crippen LogP contribution in [0.4, 0.5) is 0 Å². The van der Waals surface area contributed by atoms with E-state index >= 15 is 0 Å². The molecule has 1 saturated heterocycles. The molecule has 1 aromatic carbocycles. The molecule has 0 spiro atoms. The molecule has 0 saturated carbocycles. The molecule has 2 aliphatic rings. The molecule has 1 aromatic heterocycles. The Morgan fingerprint density at radius 1 is 1.12 bits per heavy atom. The third-order valence-corrected chi connectivity index (χ3v) is 5.87. The quantitative estimate of drug-likeness (QED) is 0.901. The van der Waals surface area contributed by atoms with Crippen LogP contribution in [0.15, 0.2) is 53.1 Å². The Kier molecular flexibility index (Phi) is 4.41. The highest BCUT2D eigenvalue weighted by Crippen LogP contribution is 2.47. The maximum atomic E-state index is 12.2. The van der Waals surface area contributed by atoms with E-state index in [1.165, 1.54) is 16.7 Å². The molecule has 2 aromatic rings. The fourth-order valence-electron chi connectivity index (χ4n) is 4.18. The van der Waals surface area contributed by atoms with Crippen LogP contribution in [-0.2, 0) is 7.05 Å². The van der Waals surface area contributed by atoms with E-state index < -0.39 is 0 Å². The summed E-state index contributed by atoms with van der Waals surface area (Å²) in [5, 5.41) is 4.13. The Bertz CT molecular complexity index is 886. The van der Waals surface area contributed by atoms with E-state index in [0.29, 0.717) is 6.04 Å². The van der Waals surface area contributed by atoms with Crippen LogP contribution in [0.2, 0.25) is 5.02 Å². The molecule has 2 aliphatic heterocycles. The van der Waals surface area contributed by atoms with Crippen molar-refractivity contribution in [3.63, 3.8) is 0 Å². The van der Waals surface area contributed by atoms with E-state index in [1.807, 2.05) is 32.3 Å². The predicted molar refractivity (Wildman–Crippen MR) is 106 cm³/mol. The van der Waals surface area contributed by atoms with Crippen molar-refractivity contribution in [2.45, 2.75) is 31.8 Å². The molecule has 0 aliphatic carbocycles. The van der Waals surface area contributed by atoms with E-state index in [1.54, 1.807) is 4.57 Å². The van der Waals surface area contributed by atoms with Crippen LogP contribution in [0.3, 0.4) is 0 Å². The van der Waals surface area contributed by atoms with Gasteiger partial charge in [0.25, 0.3) is 5.56 Å². The zero-order valence-electron chi connectivity index (χ0n) is 15.4. The first-order valence-electron chi connectivity index (χ1n) is 9.05. The summed E-state index contributed by atoms with van der Waals surface area (Å²) < 4.78 is 1.70. The monoisotopic (exact) mass is 369 g/mol. The van der Waals surface area contributed by atoms with Gasteiger partial charge in [-0.05, 0) is 54.9 Å². The van der Waals surface area contributed by atoms with E-state index in [2.05, 4.69) is 41.5 Å². The average Bonchev–Trinajstić information content (AvgIpc) is 2.88. The summed E-state index contributed by atoms with van der Waals surface area (Å²) >= 11 is 6.11. The molecule has 2 unspecified atom stereocenters. The van der Waals surface area contributed by atoms with E-state index in [-0.39, 0.29) is 17.5 Å². The number of halogens is 1. The number of nitrogens with one attached hydrogen (secondary N) is 1. The van der Waals surface area contributed by atoms with Crippen molar-refractivity contribution in [1.29, 1.82) is 0 Å². The molecule has 0 radical (unpaired) electrons. The zero-order valence-corrected chi connectivity index (χ0v) is 16.1. The third-order valence-electron chi connectivity index (χ3n) is 5.62. The molecule has 5 heteroatoms. The maximum absolute atomic E-state index is 12.2. The minimum Gasteiger partial charge on any atom is -0.364 e. The first-order valence-corrected chi connectivity index (χ1v) is 9.42. The van der Waals surface area contributed by atoms with E-state index in [9.17, 15) is 4.79 Å². The number of hydrogen-bond acceptors (Lipinski definition) is 3. The Morgan fingerprint density at radius 2 is 1.81 bits per heavy atom. The van der Waals surface area contributed by atoms with Gasteiger partial charge in [-0.1, -0.05) is 23.7 Å². The topological polar surface area (TPSA) is 37.3 Å². The fraction of sp³-hybridized carbons (Fsp3) is 0.381. The summed E-state index contributed by atoms with van der Waals surface area (Å²) in [5.41, 5.74) is 4.64. The van der Waals surface area contributed by atoms with Crippen molar-refractivity contribution < 1.29 is 0 Å². The Hall–Kier alpha value is -2.04. The molecule has 26 heavy (non-hydrogen) atoms. The number of rotatable bonds is 3. The van der Waals surface area contributed by atoms with Crippen molar-refractivity contribution in [3.8, 4) is 0 Å². The minimum atomic E-state index is 0.0660. The molecule has 0 amide bonds. The van der Waals surface area contributed by atoms with Gasteiger partial charge in [0, 0.05) is 42.8 Å². The molecule has 1 fully saturated rings. The molecule has 3 heterocycles. The van der Waals surface area contributed by atoms with Gasteiger partial charge in [-0.2, -0.15) is 0 Å². The number of aryl methyl sites for hydroxylation is 2. The Morgan fingerprint density at radius 3 is 2.38 bits per heavy atom. The van der Waals surface area contributed by atoms with Gasteiger partial charge in [-0.15, -0.1) is 0 Å². The van der Waals surface area contributed by atoms with Gasteiger partial charge in [-0.25, -0.2) is 0 Å². The van der Waals surface area contributed by atoms with Crippen LogP contribution in [-0.4, -0.2) is 28.6 Å². The van der Waals surface area contributed by atoms with Crippen molar-refractivity contribution in [3.05, 3.63) is 80.4 Å². The summed E-state index contributed by atoms with van der Waals surface area (Å²) in [4.78, 5) is 14.7. The van der Waals surface area contributed by atoms with Crippen molar-refractivity contribution in [1.82, 2.24) is 14.8 Å². The zero-order chi connectivity index (χ0) is 18.4. The van der Waals surface area contributed by atoms with Gasteiger partial charge in [0.15, 0.2) is 0 Å². The second-order valence-electron chi connectivity index (χ2n) is 7.48. The molecular formula is C21H24ClN3O. The van der Waals surface area contributed by atoms with Gasteiger partial charge in [-0.3, -0.25) is 4.79 Å². The smallest absolute Gasteiger partial charge is 0.253 e. The first-order chi connectivity index (χ1) is 12.5. The average molecular weight is 370 g/mol. The second-order valence-corrected chi connectivity index (χ2v) is 7.92. The lowest BCUT2D eigenvalue weighted by atomic mass is 9.84. The largest absolute Gasteiger partial charge is 0.364 e. The summed E-state index contributed by atoms with van der Waals surface area (Å²) in [5.74, 6) is 0.254. The summed E-state index contributed by atoms with van der Waals surface area (Å²) in [6.07, 6.45) is 4.30. The second kappa shape index (κ2) is 6.60. The van der Waals surface area contributed by atoms with Crippen molar-refractivity contribution in [2.24, 2.45) is 7.05 Å². The van der Waals surface area contributed by atoms with Gasteiger partial charge < -0.3 is 14.8 Å². The summed E-state index contributed by atoms with van der Waals surface area (Å²) in [7, 11) is 1.83. The van der Waals surface area contributed by atoms with Crippen LogP contribution in [0.5, 0.6) is 0 Å². The normalized spacial score (nSPS) is 23.1. The lowest BCUT2D eigenvalue weighted by Crippen LogP contribution is -2.55. The van der Waals surface area contributed by atoms with Gasteiger partial charge in [0.1, 0.15) is 0 Å². The van der Waals surface area contributed by atoms with E-state index in [0.717, 1.165) is 23.7 Å². The van der Waals surface area contributed by atoms with Gasteiger partial charge in [0.05, 0.1) is 12.1 Å². The molecule has 1 N–H and O–H groups in total. The van der Waals surface area contributed by atoms with E-state index in [4.69, 9.17) is 11.6 Å². The van der Waals surface area contributed by atoms with Crippen LogP contribution < -0.4 is 10.9 Å². The number of pyridine rings is 1. The first kappa shape index (κ1) is 17.4. The van der Waals surface area contributed by atoms with Crippen LogP contribution in [0.1, 0.15) is 35.6 Å². The van der Waals surface area contributed by atoms with Crippen molar-refractivity contribution in [2.75, 3.05) is 13.1 Å². The van der Waals surface area contributed by atoms with Crippen LogP contribution in [0, 0.1) is 6.92 Å². The third kappa shape index (κ3) is 2.87. The molecule has 4 rings (SSSR count). The maximum Gasteiger partial charge on any atom is 0.253 e. The Labute approximate surface area is 159 Å². The predicted octanol–water partition coefficient (Wildman–Crippen LogP) is 3.36. The molecule has 136 valence electrons. The van der Waals surface area contributed by atoms with Crippen molar-refractivity contribution >= 4 is 11.6 Å². The molecule has 2 atom stereocenters. The number of benzene rings is 1. The summed E-state index contributed by atoms with van der Waals surface area (Å²) in [6.45, 7) is 6.09. The molecule has 4 nitrogen and oxygen atoms in total.